The lowest BCUT2D eigenvalue weighted by molar-refractivity contribution is -0.138. The normalized spacial score (nSPS) is 19.6. The number of alkyl halides is 3. The summed E-state index contributed by atoms with van der Waals surface area (Å²) in [7, 11) is 0. The van der Waals surface area contributed by atoms with E-state index >= 15 is 0 Å². The van der Waals surface area contributed by atoms with E-state index in [0.717, 1.165) is 25.3 Å². The van der Waals surface area contributed by atoms with Gasteiger partial charge in [-0.2, -0.15) is 13.2 Å². The molecule has 0 radical (unpaired) electrons. The van der Waals surface area contributed by atoms with E-state index in [-0.39, 0.29) is 17.6 Å². The van der Waals surface area contributed by atoms with Gasteiger partial charge in [0.15, 0.2) is 0 Å². The number of ketones is 1. The molecule has 0 bridgehead atoms. The zero-order chi connectivity index (χ0) is 22.6. The number of aromatic nitrogens is 2. The van der Waals surface area contributed by atoms with Crippen molar-refractivity contribution in [3.8, 4) is 0 Å². The van der Waals surface area contributed by atoms with Gasteiger partial charge in [0.25, 0.3) is 0 Å². The van der Waals surface area contributed by atoms with Crippen LogP contribution in [0.5, 0.6) is 0 Å². The summed E-state index contributed by atoms with van der Waals surface area (Å²) in [5.74, 6) is 0.112. The number of piperazine rings is 1. The fraction of sp³-hybridized carbons (Fsp3) is 0.522. The first-order chi connectivity index (χ1) is 14.7. The van der Waals surface area contributed by atoms with Crippen LogP contribution in [0.25, 0.3) is 0 Å². The van der Waals surface area contributed by atoms with Gasteiger partial charge in [-0.15, -0.1) is 0 Å². The fourth-order valence-electron chi connectivity index (χ4n) is 4.13. The van der Waals surface area contributed by atoms with Crippen molar-refractivity contribution in [3.63, 3.8) is 0 Å². The van der Waals surface area contributed by atoms with Gasteiger partial charge < -0.3 is 10.2 Å². The van der Waals surface area contributed by atoms with Crippen LogP contribution >= 0.6 is 0 Å². The predicted octanol–water partition coefficient (Wildman–Crippen LogP) is 4.72. The predicted molar refractivity (Wildman–Crippen MR) is 114 cm³/mol. The molecule has 3 heterocycles. The van der Waals surface area contributed by atoms with Crippen LogP contribution in [-0.4, -0.2) is 40.9 Å². The summed E-state index contributed by atoms with van der Waals surface area (Å²) in [6, 6.07) is 5.76. The third-order valence-corrected chi connectivity index (χ3v) is 5.39. The topological polar surface area (TPSA) is 58.1 Å². The molecule has 8 heteroatoms. The van der Waals surface area contributed by atoms with Crippen molar-refractivity contribution in [2.45, 2.75) is 58.3 Å². The van der Waals surface area contributed by atoms with Crippen molar-refractivity contribution in [2.75, 3.05) is 18.0 Å². The molecule has 2 aromatic heterocycles. The van der Waals surface area contributed by atoms with Crippen molar-refractivity contribution in [1.82, 2.24) is 15.3 Å². The standard InChI is InChI=1S/C23H29F3N4O/c1-4-6-17-13-30(14-18(28-17)11-15(2)3)20-9-8-19(23(24,25)26)21(29-20)22(31)16-7-5-10-27-12-16/h5,7-10,12,15,17-18,28H,4,6,11,13-14H2,1-3H3/t17-,18+/m1/s1. The number of rotatable bonds is 7. The van der Waals surface area contributed by atoms with Gasteiger partial charge in [0, 0.05) is 43.1 Å². The maximum absolute atomic E-state index is 13.6. The molecule has 1 saturated heterocycles. The SMILES string of the molecule is CCC[C@@H]1CN(c2ccc(C(F)(F)F)c(C(=O)c3cccnc3)n2)C[C@H](CC(C)C)N1. The Morgan fingerprint density at radius 2 is 1.97 bits per heavy atom. The van der Waals surface area contributed by atoms with Gasteiger partial charge in [-0.25, -0.2) is 4.98 Å². The van der Waals surface area contributed by atoms with Gasteiger partial charge in [-0.1, -0.05) is 27.2 Å². The number of pyridine rings is 2. The molecule has 168 valence electrons. The van der Waals surface area contributed by atoms with E-state index in [4.69, 9.17) is 0 Å². The summed E-state index contributed by atoms with van der Waals surface area (Å²) in [6.45, 7) is 7.69. The van der Waals surface area contributed by atoms with E-state index in [9.17, 15) is 18.0 Å². The lowest BCUT2D eigenvalue weighted by Crippen LogP contribution is -2.57. The Morgan fingerprint density at radius 3 is 2.58 bits per heavy atom. The molecule has 0 saturated carbocycles. The number of nitrogens with one attached hydrogen (secondary N) is 1. The number of anilines is 1. The van der Waals surface area contributed by atoms with Gasteiger partial charge in [0.05, 0.1) is 5.56 Å². The second kappa shape index (κ2) is 9.77. The van der Waals surface area contributed by atoms with Crippen LogP contribution in [0.2, 0.25) is 0 Å². The number of carbonyl (C=O) groups excluding carboxylic acids is 1. The smallest absolute Gasteiger partial charge is 0.353 e. The van der Waals surface area contributed by atoms with E-state index in [1.54, 1.807) is 0 Å². The Kier molecular flexibility index (Phi) is 7.30. The highest BCUT2D eigenvalue weighted by atomic mass is 19.4. The molecule has 0 spiro atoms. The van der Waals surface area contributed by atoms with Crippen LogP contribution in [0.1, 0.15) is 61.6 Å². The van der Waals surface area contributed by atoms with E-state index in [1.165, 1.54) is 30.6 Å². The minimum atomic E-state index is -4.67. The summed E-state index contributed by atoms with van der Waals surface area (Å²) in [5.41, 5.74) is -1.52. The second-order valence-electron chi connectivity index (χ2n) is 8.52. The highest BCUT2D eigenvalue weighted by Gasteiger charge is 2.37. The molecule has 1 fully saturated rings. The molecule has 3 rings (SSSR count). The van der Waals surface area contributed by atoms with Crippen molar-refractivity contribution < 1.29 is 18.0 Å². The minimum absolute atomic E-state index is 0.0829. The fourth-order valence-corrected chi connectivity index (χ4v) is 4.13. The number of halogens is 3. The Hall–Kier alpha value is -2.48. The number of nitrogens with zero attached hydrogens (tertiary/aromatic N) is 3. The third kappa shape index (κ3) is 5.81. The van der Waals surface area contributed by atoms with E-state index < -0.39 is 23.2 Å². The van der Waals surface area contributed by atoms with Crippen LogP contribution < -0.4 is 10.2 Å². The van der Waals surface area contributed by atoms with Crippen LogP contribution in [0.3, 0.4) is 0 Å². The Bertz CT molecular complexity index is 886. The zero-order valence-corrected chi connectivity index (χ0v) is 18.1. The van der Waals surface area contributed by atoms with Crippen molar-refractivity contribution in [1.29, 1.82) is 0 Å². The molecule has 31 heavy (non-hydrogen) atoms. The molecule has 1 aliphatic rings. The van der Waals surface area contributed by atoms with Crippen molar-refractivity contribution in [2.24, 2.45) is 5.92 Å². The second-order valence-corrected chi connectivity index (χ2v) is 8.52. The quantitative estimate of drug-likeness (QED) is 0.639. The summed E-state index contributed by atoms with van der Waals surface area (Å²) in [5, 5.41) is 3.66. The first-order valence-corrected chi connectivity index (χ1v) is 10.7. The van der Waals surface area contributed by atoms with Crippen molar-refractivity contribution >= 4 is 11.6 Å². The Balaban J connectivity index is 1.98. The maximum Gasteiger partial charge on any atom is 0.418 e. The number of carbonyl (C=O) groups is 1. The van der Waals surface area contributed by atoms with E-state index in [0.29, 0.717) is 24.8 Å². The average molecular weight is 435 g/mol. The molecule has 0 unspecified atom stereocenters. The number of hydrogen-bond acceptors (Lipinski definition) is 5. The average Bonchev–Trinajstić information content (AvgIpc) is 2.72. The summed E-state index contributed by atoms with van der Waals surface area (Å²) in [6.07, 6.45) is 0.983. The van der Waals surface area contributed by atoms with E-state index in [1.807, 2.05) is 4.90 Å². The Morgan fingerprint density at radius 1 is 1.23 bits per heavy atom. The third-order valence-electron chi connectivity index (χ3n) is 5.39. The molecule has 1 N–H and O–H groups in total. The summed E-state index contributed by atoms with van der Waals surface area (Å²) < 4.78 is 40.9. The molecule has 2 aromatic rings. The van der Waals surface area contributed by atoms with Crippen LogP contribution in [0.4, 0.5) is 19.0 Å². The molecule has 1 aliphatic heterocycles. The van der Waals surface area contributed by atoms with Crippen molar-refractivity contribution in [3.05, 3.63) is 53.5 Å². The van der Waals surface area contributed by atoms with Crippen LogP contribution in [-0.2, 0) is 6.18 Å². The van der Waals surface area contributed by atoms with Crippen LogP contribution in [0, 0.1) is 5.92 Å². The highest BCUT2D eigenvalue weighted by molar-refractivity contribution is 6.08. The van der Waals surface area contributed by atoms with Gasteiger partial charge in [-0.3, -0.25) is 9.78 Å². The number of hydrogen-bond donors (Lipinski definition) is 1. The van der Waals surface area contributed by atoms with Gasteiger partial charge in [0.1, 0.15) is 11.5 Å². The first-order valence-electron chi connectivity index (χ1n) is 10.7. The monoisotopic (exact) mass is 434 g/mol. The molecular formula is C23H29F3N4O. The molecule has 0 aromatic carbocycles. The molecular weight excluding hydrogens is 405 g/mol. The van der Waals surface area contributed by atoms with E-state index in [2.05, 4.69) is 36.1 Å². The van der Waals surface area contributed by atoms with Gasteiger partial charge in [-0.05, 0) is 43.0 Å². The maximum atomic E-state index is 13.6. The molecule has 5 nitrogen and oxygen atoms in total. The lowest BCUT2D eigenvalue weighted by Gasteiger charge is -2.40. The molecule has 0 aliphatic carbocycles. The minimum Gasteiger partial charge on any atom is -0.353 e. The van der Waals surface area contributed by atoms with Gasteiger partial charge >= 0.3 is 6.18 Å². The summed E-state index contributed by atoms with van der Waals surface area (Å²) in [4.78, 5) is 23.0. The Labute approximate surface area is 181 Å². The molecule has 2 atom stereocenters. The molecule has 0 amide bonds. The van der Waals surface area contributed by atoms with Gasteiger partial charge in [0.2, 0.25) is 5.78 Å². The lowest BCUT2D eigenvalue weighted by atomic mass is 9.98. The summed E-state index contributed by atoms with van der Waals surface area (Å²) >= 11 is 0. The largest absolute Gasteiger partial charge is 0.418 e. The highest BCUT2D eigenvalue weighted by Crippen LogP contribution is 2.34. The first kappa shape index (κ1) is 23.2. The zero-order valence-electron chi connectivity index (χ0n) is 18.1. The van der Waals surface area contributed by atoms with Crippen LogP contribution in [0.15, 0.2) is 36.7 Å².